The summed E-state index contributed by atoms with van der Waals surface area (Å²) in [6, 6.07) is 0.0442. The molecule has 1 aliphatic heterocycles. The molecule has 4 nitrogen and oxygen atoms in total. The molecule has 3 atom stereocenters. The highest BCUT2D eigenvalue weighted by Gasteiger charge is 2.28. The van der Waals surface area contributed by atoms with Crippen molar-refractivity contribution >= 4 is 0 Å². The van der Waals surface area contributed by atoms with Crippen molar-refractivity contribution in [3.8, 4) is 0 Å². The lowest BCUT2D eigenvalue weighted by Gasteiger charge is -2.32. The molecule has 0 aromatic rings. The Bertz CT molecular complexity index is 120. The molecular formula is C7H15NO3. The van der Waals surface area contributed by atoms with Crippen molar-refractivity contribution in [3.05, 3.63) is 0 Å². The molecule has 1 rings (SSSR count). The largest absolute Gasteiger partial charge is 0.394 e. The van der Waals surface area contributed by atoms with Gasteiger partial charge in [0.05, 0.1) is 19.3 Å². The number of rotatable bonds is 2. The van der Waals surface area contributed by atoms with Crippen LogP contribution in [0.2, 0.25) is 0 Å². The summed E-state index contributed by atoms with van der Waals surface area (Å²) >= 11 is 0. The van der Waals surface area contributed by atoms with Crippen molar-refractivity contribution in [2.75, 3.05) is 20.3 Å². The molecule has 0 saturated carbocycles. The molecule has 0 aromatic carbocycles. The maximum atomic E-state index is 8.83. The maximum absolute atomic E-state index is 8.83. The average molecular weight is 161 g/mol. The van der Waals surface area contributed by atoms with Gasteiger partial charge in [0.25, 0.3) is 0 Å². The molecule has 66 valence electrons. The third-order valence-electron chi connectivity index (χ3n) is 1.96. The number of aliphatic hydroxyl groups excluding tert-OH is 1. The Morgan fingerprint density at radius 3 is 3.00 bits per heavy atom. The van der Waals surface area contributed by atoms with Gasteiger partial charge in [-0.05, 0) is 6.42 Å². The monoisotopic (exact) mass is 161 g/mol. The van der Waals surface area contributed by atoms with E-state index in [1.165, 1.54) is 0 Å². The SMILES string of the molecule is CO[C@@H]1C[C@@H](N)CO[C@@H]1CO. The van der Waals surface area contributed by atoms with Gasteiger partial charge in [-0.2, -0.15) is 0 Å². The summed E-state index contributed by atoms with van der Waals surface area (Å²) in [6.45, 7) is 0.524. The van der Waals surface area contributed by atoms with Crippen LogP contribution in [0.4, 0.5) is 0 Å². The second kappa shape index (κ2) is 4.01. The van der Waals surface area contributed by atoms with Crippen molar-refractivity contribution in [2.24, 2.45) is 5.73 Å². The van der Waals surface area contributed by atoms with Crippen molar-refractivity contribution in [2.45, 2.75) is 24.7 Å². The topological polar surface area (TPSA) is 64.7 Å². The van der Waals surface area contributed by atoms with Crippen molar-refractivity contribution in [3.63, 3.8) is 0 Å². The Labute approximate surface area is 66.3 Å². The Morgan fingerprint density at radius 1 is 1.73 bits per heavy atom. The summed E-state index contributed by atoms with van der Waals surface area (Å²) in [6.07, 6.45) is 0.519. The summed E-state index contributed by atoms with van der Waals surface area (Å²) < 4.78 is 10.3. The lowest BCUT2D eigenvalue weighted by atomic mass is 10.0. The van der Waals surface area contributed by atoms with Gasteiger partial charge in [-0.25, -0.2) is 0 Å². The van der Waals surface area contributed by atoms with E-state index in [1.807, 2.05) is 0 Å². The zero-order chi connectivity index (χ0) is 8.27. The van der Waals surface area contributed by atoms with Gasteiger partial charge < -0.3 is 20.3 Å². The van der Waals surface area contributed by atoms with Crippen LogP contribution in [-0.4, -0.2) is 43.7 Å². The Morgan fingerprint density at radius 2 is 2.45 bits per heavy atom. The minimum atomic E-state index is -0.195. The van der Waals surface area contributed by atoms with E-state index in [9.17, 15) is 0 Å². The minimum absolute atomic E-state index is 0.00519. The van der Waals surface area contributed by atoms with Crippen LogP contribution in [0.5, 0.6) is 0 Å². The van der Waals surface area contributed by atoms with Crippen LogP contribution < -0.4 is 5.73 Å². The Hall–Kier alpha value is -0.160. The molecule has 0 aromatic heterocycles. The van der Waals surface area contributed by atoms with Gasteiger partial charge in [0.1, 0.15) is 6.10 Å². The van der Waals surface area contributed by atoms with Gasteiger partial charge in [-0.1, -0.05) is 0 Å². The summed E-state index contributed by atoms with van der Waals surface area (Å²) in [5.41, 5.74) is 5.63. The highest BCUT2D eigenvalue weighted by Crippen LogP contribution is 2.15. The first-order valence-corrected chi connectivity index (χ1v) is 3.78. The maximum Gasteiger partial charge on any atom is 0.107 e. The number of ether oxygens (including phenoxy) is 2. The standard InChI is InChI=1S/C7H15NO3/c1-10-6-2-5(8)4-11-7(6)3-9/h5-7,9H,2-4,8H2,1H3/t5-,6-,7-/m1/s1. The van der Waals surface area contributed by atoms with E-state index >= 15 is 0 Å². The Balaban J connectivity index is 2.41. The van der Waals surface area contributed by atoms with Crippen LogP contribution in [-0.2, 0) is 9.47 Å². The average Bonchev–Trinajstić information content (AvgIpc) is 2.04. The molecule has 1 heterocycles. The lowest BCUT2D eigenvalue weighted by Crippen LogP contribution is -2.47. The highest BCUT2D eigenvalue weighted by atomic mass is 16.5. The third kappa shape index (κ3) is 2.13. The molecule has 0 radical (unpaired) electrons. The molecule has 0 aliphatic carbocycles. The van der Waals surface area contributed by atoms with E-state index in [4.69, 9.17) is 20.3 Å². The fraction of sp³-hybridized carbons (Fsp3) is 1.00. The molecule has 0 unspecified atom stereocenters. The smallest absolute Gasteiger partial charge is 0.107 e. The van der Waals surface area contributed by atoms with Crippen LogP contribution in [0, 0.1) is 0 Å². The van der Waals surface area contributed by atoms with Crippen molar-refractivity contribution < 1.29 is 14.6 Å². The van der Waals surface area contributed by atoms with E-state index in [0.29, 0.717) is 6.61 Å². The highest BCUT2D eigenvalue weighted by molar-refractivity contribution is 4.80. The second-order valence-corrected chi connectivity index (χ2v) is 2.82. The summed E-state index contributed by atoms with van der Waals surface area (Å²) in [4.78, 5) is 0. The van der Waals surface area contributed by atoms with Gasteiger partial charge in [0.15, 0.2) is 0 Å². The first-order valence-electron chi connectivity index (χ1n) is 3.78. The zero-order valence-electron chi connectivity index (χ0n) is 6.69. The number of nitrogens with two attached hydrogens (primary N) is 1. The first kappa shape index (κ1) is 8.93. The van der Waals surface area contributed by atoms with E-state index in [1.54, 1.807) is 7.11 Å². The number of hydrogen-bond acceptors (Lipinski definition) is 4. The molecular weight excluding hydrogens is 146 g/mol. The van der Waals surface area contributed by atoms with Crippen LogP contribution in [0.3, 0.4) is 0 Å². The number of hydrogen-bond donors (Lipinski definition) is 2. The second-order valence-electron chi connectivity index (χ2n) is 2.82. The van der Waals surface area contributed by atoms with Gasteiger partial charge >= 0.3 is 0 Å². The molecule has 0 bridgehead atoms. The number of aliphatic hydroxyl groups is 1. The van der Waals surface area contributed by atoms with Crippen LogP contribution in [0.25, 0.3) is 0 Å². The first-order chi connectivity index (χ1) is 5.27. The predicted molar refractivity (Wildman–Crippen MR) is 40.2 cm³/mol. The molecule has 11 heavy (non-hydrogen) atoms. The predicted octanol–water partition coefficient (Wildman–Crippen LogP) is -0.890. The van der Waals surface area contributed by atoms with Gasteiger partial charge in [-0.15, -0.1) is 0 Å². The quantitative estimate of drug-likeness (QED) is 0.551. The van der Waals surface area contributed by atoms with E-state index in [0.717, 1.165) is 6.42 Å². The molecule has 1 aliphatic rings. The molecule has 4 heteroatoms. The number of methoxy groups -OCH3 is 1. The normalized spacial score (nSPS) is 39.0. The molecule has 3 N–H and O–H groups in total. The van der Waals surface area contributed by atoms with E-state index in [2.05, 4.69) is 0 Å². The summed E-state index contributed by atoms with van der Waals surface area (Å²) in [5, 5.41) is 8.83. The fourth-order valence-electron chi connectivity index (χ4n) is 1.29. The fourth-order valence-corrected chi connectivity index (χ4v) is 1.29. The molecule has 0 spiro atoms. The summed E-state index contributed by atoms with van der Waals surface area (Å²) in [5.74, 6) is 0. The van der Waals surface area contributed by atoms with Crippen LogP contribution >= 0.6 is 0 Å². The zero-order valence-corrected chi connectivity index (χ0v) is 6.69. The van der Waals surface area contributed by atoms with Crippen LogP contribution in [0.15, 0.2) is 0 Å². The summed E-state index contributed by atoms with van der Waals surface area (Å²) in [7, 11) is 1.61. The van der Waals surface area contributed by atoms with Crippen LogP contribution in [0.1, 0.15) is 6.42 Å². The third-order valence-corrected chi connectivity index (χ3v) is 1.96. The minimum Gasteiger partial charge on any atom is -0.394 e. The molecule has 1 fully saturated rings. The Kier molecular flexibility index (Phi) is 3.26. The van der Waals surface area contributed by atoms with Crippen molar-refractivity contribution in [1.82, 2.24) is 0 Å². The van der Waals surface area contributed by atoms with Gasteiger partial charge in [0, 0.05) is 13.2 Å². The molecule has 0 amide bonds. The van der Waals surface area contributed by atoms with Gasteiger partial charge in [-0.3, -0.25) is 0 Å². The van der Waals surface area contributed by atoms with Crippen molar-refractivity contribution in [1.29, 1.82) is 0 Å². The van der Waals surface area contributed by atoms with E-state index in [-0.39, 0.29) is 24.9 Å². The van der Waals surface area contributed by atoms with E-state index < -0.39 is 0 Å². The van der Waals surface area contributed by atoms with Gasteiger partial charge in [0.2, 0.25) is 0 Å². The molecule has 1 saturated heterocycles. The lowest BCUT2D eigenvalue weighted by molar-refractivity contribution is -0.115.